The number of halogens is 1. The summed E-state index contributed by atoms with van der Waals surface area (Å²) in [5.74, 6) is -0.392. The van der Waals surface area contributed by atoms with Crippen LogP contribution in [0.5, 0.6) is 0 Å². The first-order valence-corrected chi connectivity index (χ1v) is 6.75. The standard InChI is InChI=1S/C14H16ClNO3/c1-2-19-14(18)12-4-3-5-13(17)16(12)11-8-6-10(15)7-9-11/h6-9,12H,2-5H2,1H3. The summed E-state index contributed by atoms with van der Waals surface area (Å²) in [5, 5.41) is 0.598. The minimum Gasteiger partial charge on any atom is -0.464 e. The zero-order chi connectivity index (χ0) is 13.8. The second kappa shape index (κ2) is 6.06. The van der Waals surface area contributed by atoms with Gasteiger partial charge in [0.25, 0.3) is 0 Å². The fraction of sp³-hybridized carbons (Fsp3) is 0.429. The average molecular weight is 282 g/mol. The monoisotopic (exact) mass is 281 g/mol. The normalized spacial score (nSPS) is 19.4. The van der Waals surface area contributed by atoms with Crippen molar-refractivity contribution in [3.63, 3.8) is 0 Å². The molecule has 0 N–H and O–H groups in total. The van der Waals surface area contributed by atoms with Crippen LogP contribution in [0.25, 0.3) is 0 Å². The molecule has 0 bridgehead atoms. The molecule has 1 unspecified atom stereocenters. The van der Waals surface area contributed by atoms with Gasteiger partial charge in [-0.2, -0.15) is 0 Å². The van der Waals surface area contributed by atoms with Gasteiger partial charge in [0.2, 0.25) is 5.91 Å². The summed E-state index contributed by atoms with van der Waals surface area (Å²) in [7, 11) is 0. The molecular formula is C14H16ClNO3. The van der Waals surface area contributed by atoms with Gasteiger partial charge in [-0.3, -0.25) is 9.69 Å². The van der Waals surface area contributed by atoms with Crippen molar-refractivity contribution in [3.8, 4) is 0 Å². The molecule has 1 aromatic rings. The van der Waals surface area contributed by atoms with Gasteiger partial charge in [-0.1, -0.05) is 11.6 Å². The van der Waals surface area contributed by atoms with E-state index >= 15 is 0 Å². The highest BCUT2D eigenvalue weighted by molar-refractivity contribution is 6.30. The van der Waals surface area contributed by atoms with Gasteiger partial charge < -0.3 is 4.74 Å². The fourth-order valence-corrected chi connectivity index (χ4v) is 2.38. The Balaban J connectivity index is 2.28. The molecule has 0 saturated carbocycles. The molecule has 1 amide bonds. The molecule has 1 heterocycles. The number of ether oxygens (including phenoxy) is 1. The zero-order valence-electron chi connectivity index (χ0n) is 10.8. The highest BCUT2D eigenvalue weighted by Crippen LogP contribution is 2.27. The Hall–Kier alpha value is -1.55. The maximum atomic E-state index is 12.1. The van der Waals surface area contributed by atoms with E-state index in [9.17, 15) is 9.59 Å². The van der Waals surface area contributed by atoms with Crippen molar-refractivity contribution in [2.75, 3.05) is 11.5 Å². The third-order valence-electron chi connectivity index (χ3n) is 3.11. The quantitative estimate of drug-likeness (QED) is 0.801. The molecule has 0 spiro atoms. The van der Waals surface area contributed by atoms with Crippen LogP contribution in [0.3, 0.4) is 0 Å². The molecule has 1 aliphatic rings. The lowest BCUT2D eigenvalue weighted by Crippen LogP contribution is -2.49. The molecule has 5 heteroatoms. The third-order valence-corrected chi connectivity index (χ3v) is 3.36. The number of piperidine rings is 1. The van der Waals surface area contributed by atoms with Crippen LogP contribution in [-0.2, 0) is 14.3 Å². The van der Waals surface area contributed by atoms with Crippen molar-refractivity contribution in [2.24, 2.45) is 0 Å². The maximum absolute atomic E-state index is 12.1. The second-order valence-corrected chi connectivity index (χ2v) is 4.84. The van der Waals surface area contributed by atoms with Crippen LogP contribution in [0.1, 0.15) is 26.2 Å². The highest BCUT2D eigenvalue weighted by Gasteiger charge is 2.35. The molecule has 102 valence electrons. The van der Waals surface area contributed by atoms with Gasteiger partial charge in [-0.25, -0.2) is 4.79 Å². The Bertz CT molecular complexity index is 472. The molecule has 0 radical (unpaired) electrons. The van der Waals surface area contributed by atoms with Crippen LogP contribution in [0, 0.1) is 0 Å². The van der Waals surface area contributed by atoms with Crippen LogP contribution in [-0.4, -0.2) is 24.5 Å². The molecule has 1 aliphatic heterocycles. The largest absolute Gasteiger partial charge is 0.464 e. The first-order chi connectivity index (χ1) is 9.13. The van der Waals surface area contributed by atoms with E-state index in [2.05, 4.69) is 0 Å². The number of carbonyl (C=O) groups is 2. The van der Waals surface area contributed by atoms with Gasteiger partial charge in [0.05, 0.1) is 6.61 Å². The Morgan fingerprint density at radius 1 is 1.42 bits per heavy atom. The molecule has 1 atom stereocenters. The van der Waals surface area contributed by atoms with Crippen molar-refractivity contribution >= 4 is 29.2 Å². The summed E-state index contributed by atoms with van der Waals surface area (Å²) in [6.07, 6.45) is 1.80. The van der Waals surface area contributed by atoms with E-state index in [0.717, 1.165) is 0 Å². The van der Waals surface area contributed by atoms with Gasteiger partial charge in [-0.15, -0.1) is 0 Å². The molecule has 4 nitrogen and oxygen atoms in total. The fourth-order valence-electron chi connectivity index (χ4n) is 2.26. The van der Waals surface area contributed by atoms with E-state index in [0.29, 0.717) is 36.6 Å². The van der Waals surface area contributed by atoms with E-state index in [-0.39, 0.29) is 11.9 Å². The Morgan fingerprint density at radius 2 is 2.11 bits per heavy atom. The topological polar surface area (TPSA) is 46.6 Å². The average Bonchev–Trinajstić information content (AvgIpc) is 2.40. The Kier molecular flexibility index (Phi) is 4.43. The van der Waals surface area contributed by atoms with E-state index in [1.54, 1.807) is 31.2 Å². The van der Waals surface area contributed by atoms with E-state index < -0.39 is 6.04 Å². The van der Waals surface area contributed by atoms with Crippen LogP contribution < -0.4 is 4.90 Å². The summed E-state index contributed by atoms with van der Waals surface area (Å²) in [6, 6.07) is 6.39. The first kappa shape index (κ1) is 13.9. The van der Waals surface area contributed by atoms with Crippen LogP contribution in [0.2, 0.25) is 5.02 Å². The first-order valence-electron chi connectivity index (χ1n) is 6.37. The minimum absolute atomic E-state index is 0.0494. The second-order valence-electron chi connectivity index (χ2n) is 4.40. The molecule has 0 aromatic heterocycles. The molecular weight excluding hydrogens is 266 g/mol. The Labute approximate surface area is 117 Å². The minimum atomic E-state index is -0.526. The lowest BCUT2D eigenvalue weighted by Gasteiger charge is -2.33. The molecule has 0 aliphatic carbocycles. The SMILES string of the molecule is CCOC(=O)C1CCCC(=O)N1c1ccc(Cl)cc1. The number of amides is 1. The lowest BCUT2D eigenvalue weighted by molar-refractivity contribution is -0.146. The van der Waals surface area contributed by atoms with Crippen LogP contribution in [0.15, 0.2) is 24.3 Å². The predicted octanol–water partition coefficient (Wildman–Crippen LogP) is 2.79. The smallest absolute Gasteiger partial charge is 0.329 e. The Morgan fingerprint density at radius 3 is 2.74 bits per heavy atom. The van der Waals surface area contributed by atoms with Crippen LogP contribution >= 0.6 is 11.6 Å². The maximum Gasteiger partial charge on any atom is 0.329 e. The van der Waals surface area contributed by atoms with Crippen molar-refractivity contribution in [1.82, 2.24) is 0 Å². The highest BCUT2D eigenvalue weighted by atomic mass is 35.5. The third kappa shape index (κ3) is 3.07. The number of hydrogen-bond donors (Lipinski definition) is 0. The van der Waals surface area contributed by atoms with Gasteiger partial charge in [0, 0.05) is 17.1 Å². The van der Waals surface area contributed by atoms with Crippen LogP contribution in [0.4, 0.5) is 5.69 Å². The molecule has 1 fully saturated rings. The van der Waals surface area contributed by atoms with Gasteiger partial charge in [0.15, 0.2) is 0 Å². The van der Waals surface area contributed by atoms with Crippen molar-refractivity contribution in [1.29, 1.82) is 0 Å². The van der Waals surface area contributed by atoms with E-state index in [1.807, 2.05) is 0 Å². The summed E-state index contributed by atoms with van der Waals surface area (Å²) >= 11 is 5.84. The number of esters is 1. The zero-order valence-corrected chi connectivity index (χ0v) is 11.5. The van der Waals surface area contributed by atoms with Gasteiger partial charge in [0.1, 0.15) is 6.04 Å². The number of hydrogen-bond acceptors (Lipinski definition) is 3. The molecule has 19 heavy (non-hydrogen) atoms. The summed E-state index contributed by atoms with van der Waals surface area (Å²) < 4.78 is 5.05. The number of nitrogens with zero attached hydrogens (tertiary/aromatic N) is 1. The predicted molar refractivity (Wildman–Crippen MR) is 73.2 cm³/mol. The van der Waals surface area contributed by atoms with E-state index in [1.165, 1.54) is 4.90 Å². The van der Waals surface area contributed by atoms with E-state index in [4.69, 9.17) is 16.3 Å². The van der Waals surface area contributed by atoms with Crippen molar-refractivity contribution in [2.45, 2.75) is 32.2 Å². The molecule has 2 rings (SSSR count). The molecule has 1 saturated heterocycles. The lowest BCUT2D eigenvalue weighted by atomic mass is 10.0. The molecule has 1 aromatic carbocycles. The van der Waals surface area contributed by atoms with Crippen molar-refractivity contribution in [3.05, 3.63) is 29.3 Å². The summed E-state index contributed by atoms with van der Waals surface area (Å²) in [5.41, 5.74) is 0.687. The summed E-state index contributed by atoms with van der Waals surface area (Å²) in [4.78, 5) is 25.6. The number of anilines is 1. The number of rotatable bonds is 3. The van der Waals surface area contributed by atoms with Crippen molar-refractivity contribution < 1.29 is 14.3 Å². The summed E-state index contributed by atoms with van der Waals surface area (Å²) in [6.45, 7) is 2.08. The number of carbonyl (C=O) groups excluding carboxylic acids is 2. The van der Waals surface area contributed by atoms with Gasteiger partial charge in [-0.05, 0) is 44.0 Å². The van der Waals surface area contributed by atoms with Gasteiger partial charge >= 0.3 is 5.97 Å². The number of benzene rings is 1.